The highest BCUT2D eigenvalue weighted by Crippen LogP contribution is 2.27. The first-order chi connectivity index (χ1) is 5.93. The van der Waals surface area contributed by atoms with Gasteiger partial charge in [0.15, 0.2) is 0 Å². The fraction of sp³-hybridized carbons (Fsp3) is 0.286. The van der Waals surface area contributed by atoms with Crippen molar-refractivity contribution in [3.05, 3.63) is 33.7 Å². The molecule has 1 aromatic heterocycles. The summed E-state index contributed by atoms with van der Waals surface area (Å²) in [6.07, 6.45) is -4.54. The maximum absolute atomic E-state index is 12.1. The molecule has 0 aliphatic rings. The van der Waals surface area contributed by atoms with Gasteiger partial charge in [0.05, 0.1) is 0 Å². The van der Waals surface area contributed by atoms with Crippen molar-refractivity contribution in [2.24, 2.45) is 0 Å². The SMILES string of the molecule is O=c1cc(CCl)cc(C(F)(F)F)[nH]1. The van der Waals surface area contributed by atoms with Gasteiger partial charge in [-0.1, -0.05) is 0 Å². The molecule has 2 nitrogen and oxygen atoms in total. The molecule has 0 saturated carbocycles. The van der Waals surface area contributed by atoms with Crippen LogP contribution in [0.4, 0.5) is 13.2 Å². The van der Waals surface area contributed by atoms with Crippen molar-refractivity contribution in [2.75, 3.05) is 0 Å². The monoisotopic (exact) mass is 211 g/mol. The van der Waals surface area contributed by atoms with Crippen molar-refractivity contribution >= 4 is 11.6 Å². The zero-order valence-electron chi connectivity index (χ0n) is 6.28. The number of pyridine rings is 1. The summed E-state index contributed by atoms with van der Waals surface area (Å²) in [5.74, 6) is -0.118. The summed E-state index contributed by atoms with van der Waals surface area (Å²) in [6, 6.07) is 1.84. The molecule has 72 valence electrons. The minimum absolute atomic E-state index is 0.118. The largest absolute Gasteiger partial charge is 0.431 e. The van der Waals surface area contributed by atoms with Gasteiger partial charge in [-0.25, -0.2) is 0 Å². The van der Waals surface area contributed by atoms with Gasteiger partial charge in [0.25, 0.3) is 0 Å². The van der Waals surface area contributed by atoms with Gasteiger partial charge in [-0.3, -0.25) is 4.79 Å². The average Bonchev–Trinajstić information content (AvgIpc) is 2.01. The molecule has 13 heavy (non-hydrogen) atoms. The van der Waals surface area contributed by atoms with Gasteiger partial charge < -0.3 is 4.98 Å². The molecule has 6 heteroatoms. The molecule has 1 aromatic rings. The number of halogens is 4. The molecule has 0 atom stereocenters. The van der Waals surface area contributed by atoms with E-state index in [-0.39, 0.29) is 11.4 Å². The normalized spacial score (nSPS) is 11.7. The number of hydrogen-bond acceptors (Lipinski definition) is 1. The second kappa shape index (κ2) is 3.41. The third-order valence-corrected chi connectivity index (χ3v) is 1.67. The number of alkyl halides is 4. The quantitative estimate of drug-likeness (QED) is 0.710. The molecule has 0 radical (unpaired) electrons. The van der Waals surface area contributed by atoms with Crippen molar-refractivity contribution in [3.8, 4) is 0 Å². The van der Waals surface area contributed by atoms with Crippen LogP contribution < -0.4 is 5.56 Å². The minimum atomic E-state index is -4.54. The van der Waals surface area contributed by atoms with E-state index in [1.54, 1.807) is 4.98 Å². The summed E-state index contributed by atoms with van der Waals surface area (Å²) >= 11 is 5.30. The van der Waals surface area contributed by atoms with E-state index in [0.29, 0.717) is 0 Å². The van der Waals surface area contributed by atoms with Crippen LogP contribution in [0.25, 0.3) is 0 Å². The molecule has 0 fully saturated rings. The lowest BCUT2D eigenvalue weighted by atomic mass is 10.2. The lowest BCUT2D eigenvalue weighted by Gasteiger charge is -2.06. The Morgan fingerprint density at radius 1 is 1.38 bits per heavy atom. The van der Waals surface area contributed by atoms with Gasteiger partial charge in [0.1, 0.15) is 5.69 Å². The van der Waals surface area contributed by atoms with E-state index in [0.717, 1.165) is 12.1 Å². The van der Waals surface area contributed by atoms with Crippen LogP contribution in [0.1, 0.15) is 11.3 Å². The van der Waals surface area contributed by atoms with Crippen LogP contribution in [-0.4, -0.2) is 4.98 Å². The van der Waals surface area contributed by atoms with Gasteiger partial charge in [0.2, 0.25) is 5.56 Å². The van der Waals surface area contributed by atoms with Crippen LogP contribution in [0.3, 0.4) is 0 Å². The predicted octanol–water partition coefficient (Wildman–Crippen LogP) is 2.13. The van der Waals surface area contributed by atoms with E-state index >= 15 is 0 Å². The number of H-pyrrole nitrogens is 1. The molecular formula is C7H5ClF3NO. The number of nitrogens with one attached hydrogen (secondary N) is 1. The summed E-state index contributed by atoms with van der Waals surface area (Å²) in [6.45, 7) is 0. The molecule has 0 aliphatic carbocycles. The number of hydrogen-bond donors (Lipinski definition) is 1. The average molecular weight is 212 g/mol. The molecule has 0 spiro atoms. The van der Waals surface area contributed by atoms with Crippen molar-refractivity contribution in [1.29, 1.82) is 0 Å². The highest BCUT2D eigenvalue weighted by Gasteiger charge is 2.31. The summed E-state index contributed by atoms with van der Waals surface area (Å²) in [7, 11) is 0. The summed E-state index contributed by atoms with van der Waals surface area (Å²) < 4.78 is 36.2. The second-order valence-corrected chi connectivity index (χ2v) is 2.67. The molecule has 1 rings (SSSR count). The van der Waals surface area contributed by atoms with Gasteiger partial charge in [-0.2, -0.15) is 13.2 Å². The lowest BCUT2D eigenvalue weighted by molar-refractivity contribution is -0.141. The maximum Gasteiger partial charge on any atom is 0.431 e. The molecule has 0 unspecified atom stereocenters. The Labute approximate surface area is 76.3 Å². The Hall–Kier alpha value is -0.970. The standard InChI is InChI=1S/C7H5ClF3NO/c8-3-4-1-5(7(9,10)11)12-6(13)2-4/h1-2H,3H2,(H,12,13). The van der Waals surface area contributed by atoms with Crippen LogP contribution in [0, 0.1) is 0 Å². The highest BCUT2D eigenvalue weighted by molar-refractivity contribution is 6.17. The number of aromatic amines is 1. The molecule has 0 aliphatic heterocycles. The smallest absolute Gasteiger partial charge is 0.318 e. The first-order valence-corrected chi connectivity index (χ1v) is 3.83. The first kappa shape index (κ1) is 10.1. The van der Waals surface area contributed by atoms with Crippen LogP contribution in [0.15, 0.2) is 16.9 Å². The van der Waals surface area contributed by atoms with Crippen molar-refractivity contribution in [3.63, 3.8) is 0 Å². The van der Waals surface area contributed by atoms with E-state index in [1.807, 2.05) is 0 Å². The zero-order valence-corrected chi connectivity index (χ0v) is 7.04. The number of rotatable bonds is 1. The second-order valence-electron chi connectivity index (χ2n) is 2.40. The van der Waals surface area contributed by atoms with Crippen LogP contribution in [-0.2, 0) is 12.1 Å². The molecule has 0 amide bonds. The third kappa shape index (κ3) is 2.48. The number of aromatic nitrogens is 1. The van der Waals surface area contributed by atoms with Crippen molar-refractivity contribution < 1.29 is 13.2 Å². The molecule has 0 bridgehead atoms. The van der Waals surface area contributed by atoms with Crippen LogP contribution in [0.5, 0.6) is 0 Å². The molecule has 0 saturated heterocycles. The fourth-order valence-corrected chi connectivity index (χ4v) is 0.985. The van der Waals surface area contributed by atoms with Crippen molar-refractivity contribution in [1.82, 2.24) is 4.98 Å². The zero-order chi connectivity index (χ0) is 10.1. The Balaban J connectivity index is 3.24. The van der Waals surface area contributed by atoms with Gasteiger partial charge >= 0.3 is 6.18 Å². The molecule has 1 heterocycles. The van der Waals surface area contributed by atoms with Crippen LogP contribution >= 0.6 is 11.6 Å². The summed E-state index contributed by atoms with van der Waals surface area (Å²) in [5, 5.41) is 0. The van der Waals surface area contributed by atoms with E-state index in [2.05, 4.69) is 0 Å². The van der Waals surface area contributed by atoms with Gasteiger partial charge in [-0.05, 0) is 11.6 Å². The Kier molecular flexibility index (Phi) is 2.66. The fourth-order valence-electron chi connectivity index (χ4n) is 0.830. The summed E-state index contributed by atoms with van der Waals surface area (Å²) in [5.41, 5.74) is -1.72. The molecule has 1 N–H and O–H groups in total. The Bertz CT molecular complexity index is 357. The topological polar surface area (TPSA) is 32.9 Å². The highest BCUT2D eigenvalue weighted by atomic mass is 35.5. The maximum atomic E-state index is 12.1. The van der Waals surface area contributed by atoms with Gasteiger partial charge in [0, 0.05) is 11.9 Å². The third-order valence-electron chi connectivity index (χ3n) is 1.36. The van der Waals surface area contributed by atoms with E-state index in [9.17, 15) is 18.0 Å². The Morgan fingerprint density at radius 2 is 2.00 bits per heavy atom. The lowest BCUT2D eigenvalue weighted by Crippen LogP contribution is -2.16. The summed E-state index contributed by atoms with van der Waals surface area (Å²) in [4.78, 5) is 12.4. The van der Waals surface area contributed by atoms with Gasteiger partial charge in [-0.15, -0.1) is 11.6 Å². The van der Waals surface area contributed by atoms with E-state index < -0.39 is 17.4 Å². The molecule has 0 aromatic carbocycles. The first-order valence-electron chi connectivity index (χ1n) is 3.30. The van der Waals surface area contributed by atoms with E-state index in [1.165, 1.54) is 0 Å². The Morgan fingerprint density at radius 3 is 2.46 bits per heavy atom. The van der Waals surface area contributed by atoms with E-state index in [4.69, 9.17) is 11.6 Å². The van der Waals surface area contributed by atoms with Crippen molar-refractivity contribution in [2.45, 2.75) is 12.1 Å². The predicted molar refractivity (Wildman–Crippen MR) is 41.6 cm³/mol. The molecular weight excluding hydrogens is 207 g/mol. The van der Waals surface area contributed by atoms with Crippen LogP contribution in [0.2, 0.25) is 0 Å². The minimum Gasteiger partial charge on any atom is -0.318 e.